The van der Waals surface area contributed by atoms with Crippen molar-refractivity contribution < 1.29 is 4.42 Å². The number of furan rings is 1. The molecule has 3 nitrogen and oxygen atoms in total. The normalized spacial score (nSPS) is 11.8. The first-order chi connectivity index (χ1) is 23.3. The Morgan fingerprint density at radius 3 is 2.15 bits per heavy atom. The number of aromatic nitrogens is 1. The number of benzene rings is 7. The van der Waals surface area contributed by atoms with E-state index in [0.717, 1.165) is 55.2 Å². The third-order valence-electron chi connectivity index (χ3n) is 9.42. The molecule has 0 aliphatic heterocycles. The van der Waals surface area contributed by atoms with Gasteiger partial charge in [0.05, 0.1) is 33.1 Å². The minimum Gasteiger partial charge on any atom is -0.455 e. The summed E-state index contributed by atoms with van der Waals surface area (Å²) in [4.78, 5) is 0. The van der Waals surface area contributed by atoms with Crippen LogP contribution < -0.4 is 0 Å². The molecule has 7 aromatic carbocycles. The van der Waals surface area contributed by atoms with E-state index >= 15 is 0 Å². The molecule has 0 saturated heterocycles. The zero-order valence-corrected chi connectivity index (χ0v) is 25.9. The first-order valence-corrected chi connectivity index (χ1v) is 16.5. The number of rotatable bonds is 3. The molecule has 0 unspecified atom stereocenters. The Morgan fingerprint density at radius 2 is 1.26 bits per heavy atom. The fraction of sp³-hybridized carbons (Fsp3) is 0. The Kier molecular flexibility index (Phi) is 5.51. The van der Waals surface area contributed by atoms with E-state index < -0.39 is 0 Å². The van der Waals surface area contributed by atoms with E-state index in [4.69, 9.17) is 4.42 Å². The highest BCUT2D eigenvalue weighted by molar-refractivity contribution is 7.26. The lowest BCUT2D eigenvalue weighted by molar-refractivity contribution is 0.670. The average molecular weight is 617 g/mol. The van der Waals surface area contributed by atoms with Gasteiger partial charge in [-0.1, -0.05) is 103 Å². The quantitative estimate of drug-likeness (QED) is 0.198. The van der Waals surface area contributed by atoms with E-state index in [-0.39, 0.29) is 0 Å². The van der Waals surface area contributed by atoms with Gasteiger partial charge in [-0.05, 0) is 53.6 Å². The molecule has 3 heterocycles. The zero-order valence-electron chi connectivity index (χ0n) is 25.1. The van der Waals surface area contributed by atoms with Gasteiger partial charge in [0.2, 0.25) is 0 Å². The number of hydrogen-bond acceptors (Lipinski definition) is 3. The summed E-state index contributed by atoms with van der Waals surface area (Å²) in [6, 6.07) is 53.6. The van der Waals surface area contributed by atoms with Gasteiger partial charge in [-0.25, -0.2) is 0 Å². The van der Waals surface area contributed by atoms with E-state index in [0.29, 0.717) is 5.56 Å². The lowest BCUT2D eigenvalue weighted by Gasteiger charge is -2.10. The molecule has 10 aromatic rings. The Bertz CT molecular complexity index is 2920. The van der Waals surface area contributed by atoms with Crippen LogP contribution in [-0.4, -0.2) is 4.57 Å². The van der Waals surface area contributed by atoms with Gasteiger partial charge in [-0.15, -0.1) is 11.3 Å². The number of hydrogen-bond donors (Lipinski definition) is 0. The highest BCUT2D eigenvalue weighted by atomic mass is 32.1. The lowest BCUT2D eigenvalue weighted by atomic mass is 9.95. The molecule has 0 saturated carbocycles. The van der Waals surface area contributed by atoms with Crippen molar-refractivity contribution in [3.8, 4) is 34.0 Å². The number of para-hydroxylation sites is 3. The second kappa shape index (κ2) is 9.92. The third-order valence-corrected chi connectivity index (χ3v) is 10.7. The largest absolute Gasteiger partial charge is 0.455 e. The van der Waals surface area contributed by atoms with E-state index in [1.807, 2.05) is 35.6 Å². The van der Waals surface area contributed by atoms with Crippen LogP contribution in [0.4, 0.5) is 0 Å². The maximum atomic E-state index is 9.80. The Hall–Kier alpha value is -6.15. The van der Waals surface area contributed by atoms with Gasteiger partial charge in [0.25, 0.3) is 0 Å². The Balaban J connectivity index is 1.31. The summed E-state index contributed by atoms with van der Waals surface area (Å²) in [6.45, 7) is 0. The second-order valence-corrected chi connectivity index (χ2v) is 13.0. The number of nitrogens with zero attached hydrogens (tertiary/aromatic N) is 2. The minimum atomic E-state index is 0.654. The number of fused-ring (bicyclic) bond motifs is 9. The standard InChI is InChI=1S/C43H24N2OS/c44-25-26-20-21-31-30-12-4-6-17-37(30)45(39(31)22-26)38-18-9-16-34-36-24-28(23-35(42(36)47-43(34)38)27-10-2-1-3-11-27)29-14-8-15-33-32-13-5-7-19-40(32)46-41(29)33/h1-24H. The average Bonchev–Trinajstić information content (AvgIpc) is 3.81. The van der Waals surface area contributed by atoms with Crippen LogP contribution in [0.3, 0.4) is 0 Å². The topological polar surface area (TPSA) is 41.9 Å². The fourth-order valence-corrected chi connectivity index (χ4v) is 8.64. The summed E-state index contributed by atoms with van der Waals surface area (Å²) < 4.78 is 11.3. The van der Waals surface area contributed by atoms with Crippen molar-refractivity contribution in [2.45, 2.75) is 0 Å². The number of nitriles is 1. The molecule has 3 aromatic heterocycles. The van der Waals surface area contributed by atoms with Crippen LogP contribution >= 0.6 is 11.3 Å². The van der Waals surface area contributed by atoms with E-state index in [9.17, 15) is 5.26 Å². The zero-order chi connectivity index (χ0) is 31.1. The Labute approximate surface area is 273 Å². The predicted octanol–water partition coefficient (Wildman–Crippen LogP) is 12.3. The maximum absolute atomic E-state index is 9.80. The molecule has 0 spiro atoms. The van der Waals surface area contributed by atoms with Crippen LogP contribution in [0.1, 0.15) is 5.56 Å². The second-order valence-electron chi connectivity index (χ2n) is 12.0. The first kappa shape index (κ1) is 26.1. The molecule has 10 rings (SSSR count). The van der Waals surface area contributed by atoms with Crippen molar-refractivity contribution in [1.82, 2.24) is 4.57 Å². The summed E-state index contributed by atoms with van der Waals surface area (Å²) in [5, 5.41) is 16.8. The van der Waals surface area contributed by atoms with Crippen LogP contribution in [0.2, 0.25) is 0 Å². The van der Waals surface area contributed by atoms with Crippen LogP contribution in [-0.2, 0) is 0 Å². The van der Waals surface area contributed by atoms with Gasteiger partial charge in [-0.3, -0.25) is 0 Å². The SMILES string of the molecule is N#Cc1ccc2c3ccccc3n(-c3cccc4c3sc3c(-c5ccccc5)cc(-c5cccc6c5oc5ccccc56)cc34)c2c1. The summed E-state index contributed by atoms with van der Waals surface area (Å²) in [6.07, 6.45) is 0. The van der Waals surface area contributed by atoms with Gasteiger partial charge < -0.3 is 8.98 Å². The van der Waals surface area contributed by atoms with Gasteiger partial charge in [-0.2, -0.15) is 5.26 Å². The maximum Gasteiger partial charge on any atom is 0.143 e. The van der Waals surface area contributed by atoms with Gasteiger partial charge in [0.15, 0.2) is 0 Å². The fourth-order valence-electron chi connectivity index (χ4n) is 7.32. The minimum absolute atomic E-state index is 0.654. The molecule has 0 N–H and O–H groups in total. The van der Waals surface area contributed by atoms with Crippen molar-refractivity contribution in [3.05, 3.63) is 151 Å². The van der Waals surface area contributed by atoms with Crippen molar-refractivity contribution in [1.29, 1.82) is 5.26 Å². The number of thiophene rings is 1. The predicted molar refractivity (Wildman–Crippen MR) is 197 cm³/mol. The van der Waals surface area contributed by atoms with Gasteiger partial charge in [0.1, 0.15) is 11.2 Å². The highest BCUT2D eigenvalue weighted by Gasteiger charge is 2.20. The lowest BCUT2D eigenvalue weighted by Crippen LogP contribution is -1.94. The van der Waals surface area contributed by atoms with Gasteiger partial charge in [0, 0.05) is 48.1 Å². The molecule has 0 atom stereocenters. The highest BCUT2D eigenvalue weighted by Crippen LogP contribution is 2.47. The van der Waals surface area contributed by atoms with E-state index in [2.05, 4.69) is 132 Å². The van der Waals surface area contributed by atoms with Crippen molar-refractivity contribution in [2.24, 2.45) is 0 Å². The molecule has 218 valence electrons. The molecular formula is C43H24N2OS. The molecule has 4 heteroatoms. The van der Waals surface area contributed by atoms with E-state index in [1.54, 1.807) is 0 Å². The molecule has 0 bridgehead atoms. The van der Waals surface area contributed by atoms with Crippen LogP contribution in [0, 0.1) is 11.3 Å². The summed E-state index contributed by atoms with van der Waals surface area (Å²) >= 11 is 1.84. The smallest absolute Gasteiger partial charge is 0.143 e. The van der Waals surface area contributed by atoms with E-state index in [1.165, 1.54) is 36.7 Å². The molecule has 0 aliphatic rings. The summed E-state index contributed by atoms with van der Waals surface area (Å²) in [5.74, 6) is 0. The monoisotopic (exact) mass is 616 g/mol. The van der Waals surface area contributed by atoms with Crippen LogP contribution in [0.5, 0.6) is 0 Å². The molecule has 0 amide bonds. The third kappa shape index (κ3) is 3.78. The summed E-state index contributed by atoms with van der Waals surface area (Å²) in [7, 11) is 0. The van der Waals surface area contributed by atoms with Crippen molar-refractivity contribution in [2.75, 3.05) is 0 Å². The van der Waals surface area contributed by atoms with Crippen LogP contribution in [0.15, 0.2) is 150 Å². The van der Waals surface area contributed by atoms with Crippen molar-refractivity contribution in [3.63, 3.8) is 0 Å². The molecular weight excluding hydrogens is 593 g/mol. The van der Waals surface area contributed by atoms with Crippen molar-refractivity contribution >= 4 is 75.3 Å². The molecule has 47 heavy (non-hydrogen) atoms. The molecule has 0 fully saturated rings. The van der Waals surface area contributed by atoms with Crippen LogP contribution in [0.25, 0.3) is 91.9 Å². The summed E-state index contributed by atoms with van der Waals surface area (Å²) in [5.41, 5.74) is 10.3. The molecule has 0 radical (unpaired) electrons. The Morgan fingerprint density at radius 1 is 0.511 bits per heavy atom. The first-order valence-electron chi connectivity index (χ1n) is 15.7. The van der Waals surface area contributed by atoms with Gasteiger partial charge >= 0.3 is 0 Å². The molecule has 0 aliphatic carbocycles.